The summed E-state index contributed by atoms with van der Waals surface area (Å²) in [6.45, 7) is 0.689. The summed E-state index contributed by atoms with van der Waals surface area (Å²) in [7, 11) is 0. The number of hydrogen-bond donors (Lipinski definition) is 1. The average Bonchev–Trinajstić information content (AvgIpc) is 2.84. The number of aliphatic imine (C=N–C) groups is 1. The molecule has 1 unspecified atom stereocenters. The number of nitrogens with zero attached hydrogens (tertiary/aromatic N) is 1. The summed E-state index contributed by atoms with van der Waals surface area (Å²) >= 11 is 0. The lowest BCUT2D eigenvalue weighted by Gasteiger charge is -2.08. The summed E-state index contributed by atoms with van der Waals surface area (Å²) in [4.78, 5) is 15.7. The molecule has 2 rings (SSSR count). The van der Waals surface area contributed by atoms with Gasteiger partial charge < -0.3 is 5.32 Å². The van der Waals surface area contributed by atoms with E-state index in [0.717, 1.165) is 19.3 Å². The fourth-order valence-electron chi connectivity index (χ4n) is 1.80. The van der Waals surface area contributed by atoms with Crippen LogP contribution in [0.3, 0.4) is 0 Å². The quantitative estimate of drug-likeness (QED) is 0.815. The maximum Gasteiger partial charge on any atom is 0.244 e. The molecule has 1 aliphatic rings. The summed E-state index contributed by atoms with van der Waals surface area (Å²) in [6.07, 6.45) is 4.50. The largest absolute Gasteiger partial charge is 0.354 e. The number of amides is 1. The third kappa shape index (κ3) is 2.92. The molecule has 16 heavy (non-hydrogen) atoms. The van der Waals surface area contributed by atoms with Crippen LogP contribution in [0.1, 0.15) is 18.4 Å². The SMILES string of the molecule is O=C(NCCc1ccccc1)C1CCC=N1. The molecule has 1 amide bonds. The van der Waals surface area contributed by atoms with E-state index >= 15 is 0 Å². The number of carbonyl (C=O) groups excluding carboxylic acids is 1. The molecule has 0 fully saturated rings. The fraction of sp³-hybridized carbons (Fsp3) is 0.385. The van der Waals surface area contributed by atoms with Crippen molar-refractivity contribution in [2.75, 3.05) is 6.54 Å². The Bertz CT molecular complexity index is 373. The molecule has 0 bridgehead atoms. The van der Waals surface area contributed by atoms with Gasteiger partial charge in [-0.1, -0.05) is 30.3 Å². The lowest BCUT2D eigenvalue weighted by Crippen LogP contribution is -2.33. The minimum Gasteiger partial charge on any atom is -0.354 e. The number of hydrogen-bond acceptors (Lipinski definition) is 2. The molecule has 1 N–H and O–H groups in total. The zero-order chi connectivity index (χ0) is 11.2. The van der Waals surface area contributed by atoms with E-state index in [1.165, 1.54) is 5.56 Å². The van der Waals surface area contributed by atoms with Crippen molar-refractivity contribution in [2.24, 2.45) is 4.99 Å². The highest BCUT2D eigenvalue weighted by atomic mass is 16.2. The van der Waals surface area contributed by atoms with Gasteiger partial charge in [0.2, 0.25) is 5.91 Å². The van der Waals surface area contributed by atoms with E-state index in [4.69, 9.17) is 0 Å². The van der Waals surface area contributed by atoms with Gasteiger partial charge in [-0.05, 0) is 31.0 Å². The van der Waals surface area contributed by atoms with Gasteiger partial charge in [-0.2, -0.15) is 0 Å². The predicted octanol–water partition coefficient (Wildman–Crippen LogP) is 1.58. The van der Waals surface area contributed by atoms with Gasteiger partial charge in [0.15, 0.2) is 0 Å². The molecule has 3 nitrogen and oxygen atoms in total. The van der Waals surface area contributed by atoms with Crippen LogP contribution in [0.4, 0.5) is 0 Å². The Morgan fingerprint density at radius 1 is 1.38 bits per heavy atom. The van der Waals surface area contributed by atoms with E-state index in [9.17, 15) is 4.79 Å². The lowest BCUT2D eigenvalue weighted by atomic mass is 10.1. The molecule has 0 spiro atoms. The van der Waals surface area contributed by atoms with Crippen LogP contribution in [0.5, 0.6) is 0 Å². The molecule has 0 radical (unpaired) electrons. The molecule has 1 heterocycles. The van der Waals surface area contributed by atoms with Crippen molar-refractivity contribution in [1.82, 2.24) is 5.32 Å². The Hall–Kier alpha value is -1.64. The highest BCUT2D eigenvalue weighted by Gasteiger charge is 2.18. The smallest absolute Gasteiger partial charge is 0.244 e. The Balaban J connectivity index is 1.72. The van der Waals surface area contributed by atoms with Crippen LogP contribution < -0.4 is 5.32 Å². The molecule has 0 saturated carbocycles. The number of rotatable bonds is 4. The molecule has 1 aromatic carbocycles. The van der Waals surface area contributed by atoms with Gasteiger partial charge in [0.05, 0.1) is 0 Å². The van der Waals surface area contributed by atoms with Crippen LogP contribution in [-0.2, 0) is 11.2 Å². The van der Waals surface area contributed by atoms with Gasteiger partial charge in [0.25, 0.3) is 0 Å². The van der Waals surface area contributed by atoms with Crippen molar-refractivity contribution >= 4 is 12.1 Å². The second kappa shape index (κ2) is 5.45. The van der Waals surface area contributed by atoms with Gasteiger partial charge in [0.1, 0.15) is 6.04 Å². The van der Waals surface area contributed by atoms with Gasteiger partial charge >= 0.3 is 0 Å². The summed E-state index contributed by atoms with van der Waals surface area (Å²) in [5, 5.41) is 2.92. The molecule has 84 valence electrons. The summed E-state index contributed by atoms with van der Waals surface area (Å²) in [5.74, 6) is 0.0599. The first-order chi connectivity index (χ1) is 7.86. The van der Waals surface area contributed by atoms with Gasteiger partial charge in [0, 0.05) is 6.54 Å². The van der Waals surface area contributed by atoms with Gasteiger partial charge in [-0.15, -0.1) is 0 Å². The van der Waals surface area contributed by atoms with Crippen LogP contribution >= 0.6 is 0 Å². The van der Waals surface area contributed by atoms with Crippen molar-refractivity contribution in [1.29, 1.82) is 0 Å². The first kappa shape index (κ1) is 10.9. The molecule has 3 heteroatoms. The van der Waals surface area contributed by atoms with Gasteiger partial charge in [-0.25, -0.2) is 0 Å². The number of benzene rings is 1. The average molecular weight is 216 g/mol. The minimum atomic E-state index is -0.143. The standard InChI is InChI=1S/C13H16N2O/c16-13(12-7-4-9-14-12)15-10-8-11-5-2-1-3-6-11/h1-3,5-6,9,12H,4,7-8,10H2,(H,15,16). The van der Waals surface area contributed by atoms with E-state index in [2.05, 4.69) is 22.4 Å². The Morgan fingerprint density at radius 3 is 2.88 bits per heavy atom. The topological polar surface area (TPSA) is 41.5 Å². The van der Waals surface area contributed by atoms with E-state index in [1.54, 1.807) is 0 Å². The highest BCUT2D eigenvalue weighted by molar-refractivity contribution is 5.85. The van der Waals surface area contributed by atoms with Crippen LogP contribution in [-0.4, -0.2) is 24.7 Å². The third-order valence-corrected chi connectivity index (χ3v) is 2.71. The van der Waals surface area contributed by atoms with E-state index in [1.807, 2.05) is 24.4 Å². The minimum absolute atomic E-state index is 0.0599. The predicted molar refractivity (Wildman–Crippen MR) is 64.7 cm³/mol. The van der Waals surface area contributed by atoms with E-state index in [-0.39, 0.29) is 11.9 Å². The summed E-state index contributed by atoms with van der Waals surface area (Å²) < 4.78 is 0. The normalized spacial score (nSPS) is 18.6. The Labute approximate surface area is 95.6 Å². The van der Waals surface area contributed by atoms with Crippen LogP contribution in [0.25, 0.3) is 0 Å². The second-order valence-corrected chi connectivity index (χ2v) is 3.95. The number of nitrogens with one attached hydrogen (secondary N) is 1. The Kier molecular flexibility index (Phi) is 3.70. The molecule has 1 aromatic rings. The van der Waals surface area contributed by atoms with Crippen LogP contribution in [0.2, 0.25) is 0 Å². The lowest BCUT2D eigenvalue weighted by molar-refractivity contribution is -0.122. The second-order valence-electron chi connectivity index (χ2n) is 3.95. The maximum atomic E-state index is 11.6. The summed E-state index contributed by atoms with van der Waals surface area (Å²) in [5.41, 5.74) is 1.25. The van der Waals surface area contributed by atoms with Crippen molar-refractivity contribution in [3.05, 3.63) is 35.9 Å². The van der Waals surface area contributed by atoms with Crippen LogP contribution in [0.15, 0.2) is 35.3 Å². The maximum absolute atomic E-state index is 11.6. The van der Waals surface area contributed by atoms with E-state index < -0.39 is 0 Å². The van der Waals surface area contributed by atoms with Crippen molar-refractivity contribution in [3.8, 4) is 0 Å². The Morgan fingerprint density at radius 2 is 2.19 bits per heavy atom. The molecule has 1 aliphatic heterocycles. The zero-order valence-corrected chi connectivity index (χ0v) is 9.23. The molecular weight excluding hydrogens is 200 g/mol. The third-order valence-electron chi connectivity index (χ3n) is 2.71. The van der Waals surface area contributed by atoms with Crippen LogP contribution in [0, 0.1) is 0 Å². The molecule has 0 saturated heterocycles. The monoisotopic (exact) mass is 216 g/mol. The first-order valence-electron chi connectivity index (χ1n) is 5.69. The van der Waals surface area contributed by atoms with E-state index in [0.29, 0.717) is 6.54 Å². The molecule has 1 atom stereocenters. The highest BCUT2D eigenvalue weighted by Crippen LogP contribution is 2.07. The molecule has 0 aromatic heterocycles. The zero-order valence-electron chi connectivity index (χ0n) is 9.23. The molecular formula is C13H16N2O. The van der Waals surface area contributed by atoms with Crippen molar-refractivity contribution < 1.29 is 4.79 Å². The summed E-state index contributed by atoms with van der Waals surface area (Å²) in [6, 6.07) is 10.0. The van der Waals surface area contributed by atoms with Crippen molar-refractivity contribution in [2.45, 2.75) is 25.3 Å². The molecule has 0 aliphatic carbocycles. The van der Waals surface area contributed by atoms with Crippen molar-refractivity contribution in [3.63, 3.8) is 0 Å². The van der Waals surface area contributed by atoms with Gasteiger partial charge in [-0.3, -0.25) is 9.79 Å². The fourth-order valence-corrected chi connectivity index (χ4v) is 1.80. The number of carbonyl (C=O) groups is 1. The first-order valence-corrected chi connectivity index (χ1v) is 5.69.